The molecule has 10 nitrogen and oxygen atoms in total. The van der Waals surface area contributed by atoms with Crippen molar-refractivity contribution >= 4 is 28.1 Å². The summed E-state index contributed by atoms with van der Waals surface area (Å²) in [7, 11) is 0. The smallest absolute Gasteiger partial charge is 0.228 e. The zero-order valence-corrected chi connectivity index (χ0v) is 22.9. The lowest BCUT2D eigenvalue weighted by Crippen LogP contribution is -2.36. The molecule has 0 amide bonds. The number of ether oxygens (including phenoxy) is 2. The van der Waals surface area contributed by atoms with Gasteiger partial charge in [0.25, 0.3) is 0 Å². The van der Waals surface area contributed by atoms with Crippen LogP contribution in [0.15, 0.2) is 24.8 Å². The van der Waals surface area contributed by atoms with Crippen LogP contribution >= 0.6 is 0 Å². The maximum Gasteiger partial charge on any atom is 0.228 e. The van der Waals surface area contributed by atoms with Crippen LogP contribution in [0, 0.1) is 11.7 Å². The molecule has 7 rings (SSSR count). The van der Waals surface area contributed by atoms with Crippen molar-refractivity contribution in [3.8, 4) is 11.3 Å². The number of aliphatic hydroxyl groups is 1. The van der Waals surface area contributed by atoms with Gasteiger partial charge >= 0.3 is 0 Å². The minimum Gasteiger partial charge on any atom is -0.396 e. The van der Waals surface area contributed by atoms with Crippen molar-refractivity contribution in [1.29, 1.82) is 0 Å². The Morgan fingerprint density at radius 2 is 1.82 bits per heavy atom. The molecule has 0 spiro atoms. The van der Waals surface area contributed by atoms with E-state index < -0.39 is 0 Å². The molecule has 3 atom stereocenters. The summed E-state index contributed by atoms with van der Waals surface area (Å²) in [6.45, 7) is 5.04. The Morgan fingerprint density at radius 1 is 0.975 bits per heavy atom. The molecule has 3 saturated heterocycles. The van der Waals surface area contributed by atoms with E-state index in [1.807, 2.05) is 15.2 Å². The van der Waals surface area contributed by atoms with Gasteiger partial charge in [-0.3, -0.25) is 4.57 Å². The number of fused-ring (bicyclic) bond motifs is 2. The Labute approximate surface area is 232 Å². The predicted molar refractivity (Wildman–Crippen MR) is 149 cm³/mol. The molecule has 40 heavy (non-hydrogen) atoms. The van der Waals surface area contributed by atoms with Gasteiger partial charge in [-0.1, -0.05) is 0 Å². The van der Waals surface area contributed by atoms with Crippen molar-refractivity contribution in [2.75, 3.05) is 37.8 Å². The summed E-state index contributed by atoms with van der Waals surface area (Å²) < 4.78 is 31.7. The van der Waals surface area contributed by atoms with E-state index in [0.29, 0.717) is 58.5 Å². The van der Waals surface area contributed by atoms with E-state index in [1.54, 1.807) is 18.7 Å². The van der Waals surface area contributed by atoms with Crippen LogP contribution in [0.5, 0.6) is 0 Å². The van der Waals surface area contributed by atoms with E-state index in [-0.39, 0.29) is 30.8 Å². The number of piperidine rings is 1. The van der Waals surface area contributed by atoms with Crippen LogP contribution in [-0.4, -0.2) is 73.2 Å². The van der Waals surface area contributed by atoms with Gasteiger partial charge < -0.3 is 24.0 Å². The first-order valence-corrected chi connectivity index (χ1v) is 14.6. The molecule has 0 saturated carbocycles. The molecule has 11 heteroatoms. The van der Waals surface area contributed by atoms with Crippen molar-refractivity contribution in [3.05, 3.63) is 30.6 Å². The molecule has 4 aromatic rings. The first kappa shape index (κ1) is 25.8. The van der Waals surface area contributed by atoms with Gasteiger partial charge in [0.1, 0.15) is 28.8 Å². The van der Waals surface area contributed by atoms with Gasteiger partial charge in [0.15, 0.2) is 5.65 Å². The Bertz CT molecular complexity index is 1500. The molecule has 1 aromatic carbocycles. The third-order valence-electron chi connectivity index (χ3n) is 8.80. The van der Waals surface area contributed by atoms with E-state index in [2.05, 4.69) is 16.8 Å². The molecule has 3 aliphatic heterocycles. The van der Waals surface area contributed by atoms with Crippen LogP contribution in [0.3, 0.4) is 0 Å². The average Bonchev–Trinajstić information content (AvgIpc) is 3.63. The van der Waals surface area contributed by atoms with E-state index in [1.165, 1.54) is 0 Å². The van der Waals surface area contributed by atoms with Gasteiger partial charge in [0.2, 0.25) is 5.95 Å². The molecule has 212 valence electrons. The minimum absolute atomic E-state index is 0.0620. The Balaban J connectivity index is 1.32. The highest BCUT2D eigenvalue weighted by atomic mass is 19.1. The lowest BCUT2D eigenvalue weighted by atomic mass is 9.98. The molecule has 3 fully saturated rings. The lowest BCUT2D eigenvalue weighted by molar-refractivity contribution is -0.0298. The quantitative estimate of drug-likeness (QED) is 0.384. The molecule has 3 aliphatic rings. The summed E-state index contributed by atoms with van der Waals surface area (Å²) in [5.74, 6) is 0.553. The van der Waals surface area contributed by atoms with E-state index in [0.717, 1.165) is 58.0 Å². The Kier molecular flexibility index (Phi) is 6.89. The molecule has 1 N–H and O–H groups in total. The van der Waals surface area contributed by atoms with Gasteiger partial charge in [0.05, 0.1) is 36.9 Å². The van der Waals surface area contributed by atoms with Crippen molar-refractivity contribution in [2.24, 2.45) is 5.92 Å². The van der Waals surface area contributed by atoms with E-state index in [4.69, 9.17) is 24.4 Å². The number of anilines is 1. The lowest BCUT2D eigenvalue weighted by Gasteiger charge is -2.31. The summed E-state index contributed by atoms with van der Waals surface area (Å²) in [5.41, 5.74) is 3.60. The fraction of sp³-hybridized carbons (Fsp3) is 0.586. The SMILES string of the molecule is C[C@@H]1CCC(n2cnc3cc(-c4nc(N5CCC(CO)CC5)nc5c4ncn5C4CCCCO4)cc(F)c32)CO1. The van der Waals surface area contributed by atoms with Crippen molar-refractivity contribution in [3.63, 3.8) is 0 Å². The number of aliphatic hydroxyl groups excluding tert-OH is 1. The van der Waals surface area contributed by atoms with Crippen LogP contribution in [0.4, 0.5) is 10.3 Å². The number of rotatable bonds is 5. The number of benzene rings is 1. The standard InChI is InChI=1S/C29H36FN7O3/c1-18-5-6-21(15-40-18)36-16-31-23-13-20(12-22(30)27(23)36)25-26-28(37(17-32-26)24-4-2-3-11-39-24)34-29(33-25)35-9-7-19(14-38)8-10-35/h12-13,16-19,21,24,38H,2-11,14-15H2,1H3/t18-,21?,24?/m1/s1. The maximum atomic E-state index is 15.9. The second kappa shape index (κ2) is 10.7. The van der Waals surface area contributed by atoms with Gasteiger partial charge in [-0.05, 0) is 69.9 Å². The Morgan fingerprint density at radius 3 is 2.58 bits per heavy atom. The Hall–Kier alpha value is -3.15. The predicted octanol–water partition coefficient (Wildman–Crippen LogP) is 4.63. The van der Waals surface area contributed by atoms with Crippen LogP contribution < -0.4 is 4.90 Å². The van der Waals surface area contributed by atoms with Gasteiger partial charge in [0, 0.05) is 31.9 Å². The van der Waals surface area contributed by atoms with Crippen molar-refractivity contribution in [1.82, 2.24) is 29.1 Å². The largest absolute Gasteiger partial charge is 0.396 e. The van der Waals surface area contributed by atoms with Gasteiger partial charge in [-0.2, -0.15) is 4.98 Å². The van der Waals surface area contributed by atoms with Crippen LogP contribution in [0.2, 0.25) is 0 Å². The molecule has 0 radical (unpaired) electrons. The molecule has 0 aliphatic carbocycles. The molecule has 2 unspecified atom stereocenters. The number of aromatic nitrogens is 6. The number of hydrogen-bond donors (Lipinski definition) is 1. The van der Waals surface area contributed by atoms with Crippen LogP contribution in [0.25, 0.3) is 33.5 Å². The molecular formula is C29H36FN7O3. The summed E-state index contributed by atoms with van der Waals surface area (Å²) >= 11 is 0. The minimum atomic E-state index is -0.337. The highest BCUT2D eigenvalue weighted by Crippen LogP contribution is 2.35. The third-order valence-corrected chi connectivity index (χ3v) is 8.80. The third kappa shape index (κ3) is 4.63. The zero-order valence-electron chi connectivity index (χ0n) is 22.9. The number of hydrogen-bond acceptors (Lipinski definition) is 8. The number of imidazole rings is 2. The summed E-state index contributed by atoms with van der Waals surface area (Å²) in [6.07, 6.45) is 10.2. The summed E-state index contributed by atoms with van der Waals surface area (Å²) in [4.78, 5) is 21.4. The van der Waals surface area contributed by atoms with Crippen LogP contribution in [0.1, 0.15) is 64.1 Å². The molecular weight excluding hydrogens is 513 g/mol. The fourth-order valence-corrected chi connectivity index (χ4v) is 6.34. The fourth-order valence-electron chi connectivity index (χ4n) is 6.34. The maximum absolute atomic E-state index is 15.9. The summed E-state index contributed by atoms with van der Waals surface area (Å²) in [6, 6.07) is 3.51. The number of halogens is 1. The molecule has 3 aromatic heterocycles. The first-order chi connectivity index (χ1) is 19.6. The topological polar surface area (TPSA) is 103 Å². The second-order valence-electron chi connectivity index (χ2n) is 11.5. The number of nitrogens with zero attached hydrogens (tertiary/aromatic N) is 7. The molecule has 6 heterocycles. The monoisotopic (exact) mass is 549 g/mol. The summed E-state index contributed by atoms with van der Waals surface area (Å²) in [5, 5.41) is 9.62. The second-order valence-corrected chi connectivity index (χ2v) is 11.5. The first-order valence-electron chi connectivity index (χ1n) is 14.6. The average molecular weight is 550 g/mol. The van der Waals surface area contributed by atoms with Gasteiger partial charge in [-0.15, -0.1) is 0 Å². The zero-order chi connectivity index (χ0) is 27.2. The highest BCUT2D eigenvalue weighted by molar-refractivity contribution is 5.92. The normalized spacial score (nSPS) is 24.8. The van der Waals surface area contributed by atoms with E-state index >= 15 is 4.39 Å². The van der Waals surface area contributed by atoms with Gasteiger partial charge in [-0.25, -0.2) is 19.3 Å². The van der Waals surface area contributed by atoms with Crippen molar-refractivity contribution in [2.45, 2.75) is 70.2 Å². The van der Waals surface area contributed by atoms with E-state index in [9.17, 15) is 5.11 Å². The van der Waals surface area contributed by atoms with Crippen molar-refractivity contribution < 1.29 is 19.0 Å². The van der Waals surface area contributed by atoms with Crippen LogP contribution in [-0.2, 0) is 9.47 Å². The molecule has 0 bridgehead atoms. The highest BCUT2D eigenvalue weighted by Gasteiger charge is 2.27.